The second-order valence-electron chi connectivity index (χ2n) is 4.54. The Morgan fingerprint density at radius 3 is 2.74 bits per heavy atom. The standard InChI is InChI=1S/C13H10F3N5O2/c1-21-9(3-5-18-21)7-22-10-6-8(2-4-17-10)11-19-12(23-20-11)13(14,15)16/h2-6H,7H2,1H3. The van der Waals surface area contributed by atoms with Gasteiger partial charge >= 0.3 is 12.1 Å². The van der Waals surface area contributed by atoms with Crippen LogP contribution in [0.15, 0.2) is 35.1 Å². The van der Waals surface area contributed by atoms with Gasteiger partial charge in [0.25, 0.3) is 0 Å². The van der Waals surface area contributed by atoms with Crippen LogP contribution < -0.4 is 4.74 Å². The van der Waals surface area contributed by atoms with Crippen LogP contribution in [0.25, 0.3) is 11.4 Å². The van der Waals surface area contributed by atoms with Crippen LogP contribution in [0.3, 0.4) is 0 Å². The molecule has 10 heteroatoms. The molecular formula is C13H10F3N5O2. The van der Waals surface area contributed by atoms with E-state index in [0.29, 0.717) is 5.56 Å². The summed E-state index contributed by atoms with van der Waals surface area (Å²) in [7, 11) is 1.76. The van der Waals surface area contributed by atoms with Crippen molar-refractivity contribution in [2.24, 2.45) is 7.05 Å². The summed E-state index contributed by atoms with van der Waals surface area (Å²) in [6.07, 6.45) is -1.67. The number of halogens is 3. The molecule has 0 saturated carbocycles. The molecule has 23 heavy (non-hydrogen) atoms. The van der Waals surface area contributed by atoms with Gasteiger partial charge in [-0.15, -0.1) is 0 Å². The van der Waals surface area contributed by atoms with Crippen LogP contribution in [0.1, 0.15) is 11.6 Å². The molecule has 0 bridgehead atoms. The van der Waals surface area contributed by atoms with Gasteiger partial charge in [0.1, 0.15) is 6.61 Å². The van der Waals surface area contributed by atoms with Gasteiger partial charge in [0.2, 0.25) is 11.7 Å². The molecular weight excluding hydrogens is 315 g/mol. The van der Waals surface area contributed by atoms with Crippen LogP contribution in [0.5, 0.6) is 5.88 Å². The van der Waals surface area contributed by atoms with Gasteiger partial charge in [-0.25, -0.2) is 4.98 Å². The van der Waals surface area contributed by atoms with E-state index in [1.807, 2.05) is 0 Å². The Morgan fingerprint density at radius 2 is 2.09 bits per heavy atom. The summed E-state index contributed by atoms with van der Waals surface area (Å²) in [5, 5.41) is 7.31. The normalized spacial score (nSPS) is 11.7. The lowest BCUT2D eigenvalue weighted by Crippen LogP contribution is -2.05. The highest BCUT2D eigenvalue weighted by molar-refractivity contribution is 5.55. The molecule has 0 aliphatic heterocycles. The highest BCUT2D eigenvalue weighted by Gasteiger charge is 2.38. The quantitative estimate of drug-likeness (QED) is 0.733. The molecule has 0 N–H and O–H groups in total. The third-order valence-electron chi connectivity index (χ3n) is 2.95. The number of aromatic nitrogens is 5. The van der Waals surface area contributed by atoms with E-state index in [2.05, 4.69) is 24.7 Å². The zero-order valence-electron chi connectivity index (χ0n) is 11.8. The average Bonchev–Trinajstić information content (AvgIpc) is 3.14. The van der Waals surface area contributed by atoms with E-state index in [9.17, 15) is 13.2 Å². The highest BCUT2D eigenvalue weighted by atomic mass is 19.4. The maximum atomic E-state index is 12.5. The molecule has 0 radical (unpaired) electrons. The lowest BCUT2D eigenvalue weighted by atomic mass is 10.2. The molecule has 7 nitrogen and oxygen atoms in total. The van der Waals surface area contributed by atoms with Crippen LogP contribution >= 0.6 is 0 Å². The number of hydrogen-bond acceptors (Lipinski definition) is 6. The van der Waals surface area contributed by atoms with Crippen molar-refractivity contribution in [3.05, 3.63) is 42.2 Å². The Kier molecular flexibility index (Phi) is 3.72. The number of hydrogen-bond donors (Lipinski definition) is 0. The third-order valence-corrected chi connectivity index (χ3v) is 2.95. The molecule has 0 saturated heterocycles. The molecule has 0 fully saturated rings. The van der Waals surface area contributed by atoms with Gasteiger partial charge in [0.05, 0.1) is 5.69 Å². The lowest BCUT2D eigenvalue weighted by molar-refractivity contribution is -0.159. The number of ether oxygens (including phenoxy) is 1. The molecule has 120 valence electrons. The van der Waals surface area contributed by atoms with Crippen LogP contribution in [0, 0.1) is 0 Å². The average molecular weight is 325 g/mol. The van der Waals surface area contributed by atoms with Crippen molar-refractivity contribution in [3.8, 4) is 17.3 Å². The van der Waals surface area contributed by atoms with E-state index in [-0.39, 0.29) is 18.3 Å². The van der Waals surface area contributed by atoms with E-state index >= 15 is 0 Å². The number of nitrogens with zero attached hydrogens (tertiary/aromatic N) is 5. The summed E-state index contributed by atoms with van der Waals surface area (Å²) in [6.45, 7) is 0.215. The van der Waals surface area contributed by atoms with Crippen molar-refractivity contribution in [3.63, 3.8) is 0 Å². The zero-order valence-corrected chi connectivity index (χ0v) is 11.8. The minimum absolute atomic E-state index is 0.190. The summed E-state index contributed by atoms with van der Waals surface area (Å²) in [5.74, 6) is -1.37. The first-order valence-corrected chi connectivity index (χ1v) is 6.40. The van der Waals surface area contributed by atoms with Crippen molar-refractivity contribution in [1.82, 2.24) is 24.9 Å². The fourth-order valence-corrected chi connectivity index (χ4v) is 1.77. The van der Waals surface area contributed by atoms with Crippen LogP contribution in [0.2, 0.25) is 0 Å². The fourth-order valence-electron chi connectivity index (χ4n) is 1.77. The predicted octanol–water partition coefficient (Wildman–Crippen LogP) is 2.46. The van der Waals surface area contributed by atoms with Gasteiger partial charge in [-0.2, -0.15) is 23.3 Å². The summed E-state index contributed by atoms with van der Waals surface area (Å²) in [4.78, 5) is 7.31. The predicted molar refractivity (Wildman–Crippen MR) is 70.1 cm³/mol. The Bertz CT molecular complexity index is 812. The van der Waals surface area contributed by atoms with Gasteiger partial charge in [-0.1, -0.05) is 5.16 Å². The molecule has 3 aromatic heterocycles. The van der Waals surface area contributed by atoms with Gasteiger partial charge in [0, 0.05) is 31.1 Å². The molecule has 0 aromatic carbocycles. The van der Waals surface area contributed by atoms with E-state index < -0.39 is 12.1 Å². The van der Waals surface area contributed by atoms with E-state index in [0.717, 1.165) is 5.69 Å². The molecule has 0 aliphatic rings. The number of rotatable bonds is 4. The van der Waals surface area contributed by atoms with E-state index in [1.165, 1.54) is 18.3 Å². The van der Waals surface area contributed by atoms with Crippen LogP contribution in [-0.2, 0) is 19.8 Å². The molecule has 3 aromatic rings. The molecule has 0 aliphatic carbocycles. The van der Waals surface area contributed by atoms with Crippen molar-refractivity contribution < 1.29 is 22.4 Å². The second-order valence-corrected chi connectivity index (χ2v) is 4.54. The van der Waals surface area contributed by atoms with Crippen LogP contribution in [0.4, 0.5) is 13.2 Å². The fraction of sp³-hybridized carbons (Fsp3) is 0.231. The van der Waals surface area contributed by atoms with Gasteiger partial charge in [-0.05, 0) is 12.1 Å². The summed E-state index contributed by atoms with van der Waals surface area (Å²) in [6, 6.07) is 4.67. The highest BCUT2D eigenvalue weighted by Crippen LogP contribution is 2.29. The monoisotopic (exact) mass is 325 g/mol. The molecule has 0 spiro atoms. The van der Waals surface area contributed by atoms with Crippen LogP contribution in [-0.4, -0.2) is 24.9 Å². The largest absolute Gasteiger partial charge is 0.471 e. The molecule has 3 heterocycles. The first-order chi connectivity index (χ1) is 10.9. The summed E-state index contributed by atoms with van der Waals surface area (Å²) < 4.78 is 48.7. The first kappa shape index (κ1) is 15.0. The molecule has 0 atom stereocenters. The van der Waals surface area contributed by atoms with Gasteiger partial charge in [-0.3, -0.25) is 4.68 Å². The van der Waals surface area contributed by atoms with Crippen molar-refractivity contribution in [2.75, 3.05) is 0 Å². The third kappa shape index (κ3) is 3.30. The number of pyridine rings is 1. The Labute approximate surface area is 127 Å². The van der Waals surface area contributed by atoms with Gasteiger partial charge < -0.3 is 9.26 Å². The Balaban J connectivity index is 1.77. The zero-order chi connectivity index (χ0) is 16.4. The molecule has 3 rings (SSSR count). The Morgan fingerprint density at radius 1 is 1.26 bits per heavy atom. The maximum absolute atomic E-state index is 12.5. The SMILES string of the molecule is Cn1nccc1COc1cc(-c2noc(C(F)(F)F)n2)ccn1. The molecule has 0 amide bonds. The summed E-state index contributed by atoms with van der Waals surface area (Å²) >= 11 is 0. The maximum Gasteiger partial charge on any atom is 0.471 e. The summed E-state index contributed by atoms with van der Waals surface area (Å²) in [5.41, 5.74) is 1.12. The van der Waals surface area contributed by atoms with Gasteiger partial charge in [0.15, 0.2) is 0 Å². The number of alkyl halides is 3. The van der Waals surface area contributed by atoms with E-state index in [4.69, 9.17) is 4.74 Å². The van der Waals surface area contributed by atoms with Crippen molar-refractivity contribution >= 4 is 0 Å². The van der Waals surface area contributed by atoms with Crippen molar-refractivity contribution in [2.45, 2.75) is 12.8 Å². The topological polar surface area (TPSA) is 78.9 Å². The lowest BCUT2D eigenvalue weighted by Gasteiger charge is -2.06. The first-order valence-electron chi connectivity index (χ1n) is 6.40. The minimum atomic E-state index is -4.68. The smallest absolute Gasteiger partial charge is 0.471 e. The molecule has 0 unspecified atom stereocenters. The minimum Gasteiger partial charge on any atom is -0.471 e. The number of aryl methyl sites for hydroxylation is 1. The van der Waals surface area contributed by atoms with E-state index in [1.54, 1.807) is 24.0 Å². The Hall–Kier alpha value is -2.91. The van der Waals surface area contributed by atoms with Crippen molar-refractivity contribution in [1.29, 1.82) is 0 Å². The second kappa shape index (κ2) is 5.71.